The Morgan fingerprint density at radius 2 is 2.05 bits per heavy atom. The van der Waals surface area contributed by atoms with Crippen molar-refractivity contribution in [2.45, 2.75) is 26.7 Å². The zero-order valence-electron chi connectivity index (χ0n) is 11.3. The summed E-state index contributed by atoms with van der Waals surface area (Å²) in [6.45, 7) is 4.64. The maximum Gasteiger partial charge on any atom is 0.226 e. The van der Waals surface area contributed by atoms with Crippen LogP contribution in [0.4, 0.5) is 5.69 Å². The van der Waals surface area contributed by atoms with E-state index in [0.717, 1.165) is 6.42 Å². The van der Waals surface area contributed by atoms with Gasteiger partial charge in [-0.15, -0.1) is 0 Å². The van der Waals surface area contributed by atoms with Gasteiger partial charge in [0, 0.05) is 37.1 Å². The predicted molar refractivity (Wildman–Crippen MR) is 77.2 cm³/mol. The van der Waals surface area contributed by atoms with Gasteiger partial charge in [-0.05, 0) is 24.6 Å². The molecule has 1 aromatic rings. The quantitative estimate of drug-likeness (QED) is 0.872. The van der Waals surface area contributed by atoms with E-state index >= 15 is 0 Å². The molecule has 5 heteroatoms. The van der Waals surface area contributed by atoms with Gasteiger partial charge < -0.3 is 10.2 Å². The van der Waals surface area contributed by atoms with Crippen molar-refractivity contribution < 1.29 is 9.59 Å². The summed E-state index contributed by atoms with van der Waals surface area (Å²) in [5, 5.41) is 3.34. The highest BCUT2D eigenvalue weighted by Crippen LogP contribution is 2.15. The van der Waals surface area contributed by atoms with Crippen LogP contribution in [0, 0.1) is 0 Å². The van der Waals surface area contributed by atoms with Crippen LogP contribution in [0.5, 0.6) is 0 Å². The Bertz CT molecular complexity index is 449. The van der Waals surface area contributed by atoms with Crippen molar-refractivity contribution >= 4 is 29.1 Å². The first kappa shape index (κ1) is 15.5. The Balaban J connectivity index is 2.45. The average molecular weight is 283 g/mol. The SMILES string of the molecule is CCCN(CCC(=O)Nc1cccc(Cl)c1)C(C)=O. The van der Waals surface area contributed by atoms with Gasteiger partial charge in [0.15, 0.2) is 0 Å². The van der Waals surface area contributed by atoms with Crippen molar-refractivity contribution in [2.75, 3.05) is 18.4 Å². The van der Waals surface area contributed by atoms with Crippen LogP contribution in [0.2, 0.25) is 5.02 Å². The topological polar surface area (TPSA) is 49.4 Å². The van der Waals surface area contributed by atoms with Gasteiger partial charge in [0.05, 0.1) is 0 Å². The normalized spacial score (nSPS) is 10.1. The first-order valence-electron chi connectivity index (χ1n) is 6.34. The number of rotatable bonds is 6. The number of carbonyl (C=O) groups is 2. The second-order valence-corrected chi connectivity index (χ2v) is 4.75. The molecule has 0 fully saturated rings. The lowest BCUT2D eigenvalue weighted by atomic mass is 10.3. The monoisotopic (exact) mass is 282 g/mol. The van der Waals surface area contributed by atoms with Gasteiger partial charge in [-0.25, -0.2) is 0 Å². The molecule has 0 heterocycles. The molecule has 0 saturated heterocycles. The molecule has 0 aliphatic heterocycles. The molecule has 2 amide bonds. The maximum absolute atomic E-state index is 11.8. The van der Waals surface area contributed by atoms with Crippen LogP contribution in [-0.2, 0) is 9.59 Å². The molecule has 4 nitrogen and oxygen atoms in total. The van der Waals surface area contributed by atoms with Crippen LogP contribution in [0.15, 0.2) is 24.3 Å². The van der Waals surface area contributed by atoms with E-state index in [1.165, 1.54) is 6.92 Å². The van der Waals surface area contributed by atoms with Crippen LogP contribution in [-0.4, -0.2) is 29.8 Å². The van der Waals surface area contributed by atoms with Crippen molar-refractivity contribution in [1.29, 1.82) is 0 Å². The van der Waals surface area contributed by atoms with E-state index in [9.17, 15) is 9.59 Å². The number of nitrogens with one attached hydrogen (secondary N) is 1. The van der Waals surface area contributed by atoms with E-state index in [4.69, 9.17) is 11.6 Å². The summed E-state index contributed by atoms with van der Waals surface area (Å²) >= 11 is 5.83. The lowest BCUT2D eigenvalue weighted by Crippen LogP contribution is -2.32. The van der Waals surface area contributed by atoms with E-state index in [-0.39, 0.29) is 18.2 Å². The number of hydrogen-bond acceptors (Lipinski definition) is 2. The molecule has 1 aromatic carbocycles. The van der Waals surface area contributed by atoms with Crippen molar-refractivity contribution in [3.63, 3.8) is 0 Å². The van der Waals surface area contributed by atoms with E-state index in [0.29, 0.717) is 23.8 Å². The fourth-order valence-electron chi connectivity index (χ4n) is 1.72. The van der Waals surface area contributed by atoms with Gasteiger partial charge in [0.1, 0.15) is 0 Å². The maximum atomic E-state index is 11.8. The van der Waals surface area contributed by atoms with Gasteiger partial charge in [0.2, 0.25) is 11.8 Å². The second kappa shape index (κ2) is 7.79. The zero-order valence-corrected chi connectivity index (χ0v) is 12.0. The molecule has 104 valence electrons. The summed E-state index contributed by atoms with van der Waals surface area (Å²) in [5.41, 5.74) is 0.669. The molecule has 1 N–H and O–H groups in total. The molecule has 0 atom stereocenters. The summed E-state index contributed by atoms with van der Waals surface area (Å²) in [7, 11) is 0. The Hall–Kier alpha value is -1.55. The fourth-order valence-corrected chi connectivity index (χ4v) is 1.91. The van der Waals surface area contributed by atoms with Gasteiger partial charge in [-0.2, -0.15) is 0 Å². The third-order valence-electron chi connectivity index (χ3n) is 2.66. The Morgan fingerprint density at radius 1 is 1.32 bits per heavy atom. The number of halogens is 1. The minimum absolute atomic E-state index is 0.00240. The van der Waals surface area contributed by atoms with Crippen LogP contribution in [0.3, 0.4) is 0 Å². The number of anilines is 1. The van der Waals surface area contributed by atoms with Crippen LogP contribution in [0.1, 0.15) is 26.7 Å². The fraction of sp³-hybridized carbons (Fsp3) is 0.429. The van der Waals surface area contributed by atoms with Gasteiger partial charge in [-0.1, -0.05) is 24.6 Å². The number of amides is 2. The molecule has 0 aromatic heterocycles. The molecule has 0 spiro atoms. The molecule has 0 unspecified atom stereocenters. The largest absolute Gasteiger partial charge is 0.342 e. The zero-order chi connectivity index (χ0) is 14.3. The molecule has 0 bridgehead atoms. The Kier molecular flexibility index (Phi) is 6.36. The van der Waals surface area contributed by atoms with E-state index in [1.807, 2.05) is 6.92 Å². The molecule has 0 aliphatic carbocycles. The molecule has 0 aliphatic rings. The number of nitrogens with zero attached hydrogens (tertiary/aromatic N) is 1. The van der Waals surface area contributed by atoms with Crippen molar-refractivity contribution in [1.82, 2.24) is 4.90 Å². The number of hydrogen-bond donors (Lipinski definition) is 1. The van der Waals surface area contributed by atoms with E-state index in [1.54, 1.807) is 29.2 Å². The number of carbonyl (C=O) groups excluding carboxylic acids is 2. The lowest BCUT2D eigenvalue weighted by Gasteiger charge is -2.19. The second-order valence-electron chi connectivity index (χ2n) is 4.31. The molecule has 0 radical (unpaired) electrons. The Morgan fingerprint density at radius 3 is 2.63 bits per heavy atom. The van der Waals surface area contributed by atoms with E-state index < -0.39 is 0 Å². The summed E-state index contributed by atoms with van der Waals surface area (Å²) < 4.78 is 0. The first-order chi connectivity index (χ1) is 9.02. The predicted octanol–water partition coefficient (Wildman–Crippen LogP) is 2.93. The standard InChI is InChI=1S/C14H19ClN2O2/c1-3-8-17(11(2)18)9-7-14(19)16-13-6-4-5-12(15)10-13/h4-6,10H,3,7-9H2,1-2H3,(H,16,19). The van der Waals surface area contributed by atoms with Crippen molar-refractivity contribution in [2.24, 2.45) is 0 Å². The number of benzene rings is 1. The minimum Gasteiger partial charge on any atom is -0.342 e. The van der Waals surface area contributed by atoms with Gasteiger partial charge >= 0.3 is 0 Å². The van der Waals surface area contributed by atoms with Gasteiger partial charge in [0.25, 0.3) is 0 Å². The van der Waals surface area contributed by atoms with Crippen LogP contribution in [0.25, 0.3) is 0 Å². The van der Waals surface area contributed by atoms with Crippen molar-refractivity contribution in [3.05, 3.63) is 29.3 Å². The minimum atomic E-state index is -0.121. The highest BCUT2D eigenvalue weighted by molar-refractivity contribution is 6.30. The highest BCUT2D eigenvalue weighted by atomic mass is 35.5. The molecule has 19 heavy (non-hydrogen) atoms. The first-order valence-corrected chi connectivity index (χ1v) is 6.71. The average Bonchev–Trinajstić information content (AvgIpc) is 2.34. The Labute approximate surface area is 118 Å². The third kappa shape index (κ3) is 5.75. The van der Waals surface area contributed by atoms with Crippen LogP contribution < -0.4 is 5.32 Å². The summed E-state index contributed by atoms with van der Waals surface area (Å²) in [6.07, 6.45) is 1.17. The van der Waals surface area contributed by atoms with E-state index in [2.05, 4.69) is 5.32 Å². The summed E-state index contributed by atoms with van der Waals surface area (Å²) in [5.74, 6) is -0.123. The lowest BCUT2D eigenvalue weighted by molar-refractivity contribution is -0.129. The molecule has 0 saturated carbocycles. The van der Waals surface area contributed by atoms with Crippen LogP contribution >= 0.6 is 11.6 Å². The smallest absolute Gasteiger partial charge is 0.226 e. The summed E-state index contributed by atoms with van der Waals surface area (Å²) in [4.78, 5) is 24.8. The molecule has 1 rings (SSSR count). The highest BCUT2D eigenvalue weighted by Gasteiger charge is 2.10. The summed E-state index contributed by atoms with van der Waals surface area (Å²) in [6, 6.07) is 6.99. The third-order valence-corrected chi connectivity index (χ3v) is 2.89. The van der Waals surface area contributed by atoms with Gasteiger partial charge in [-0.3, -0.25) is 9.59 Å². The molecular formula is C14H19ClN2O2. The van der Waals surface area contributed by atoms with Crippen molar-refractivity contribution in [3.8, 4) is 0 Å². The molecular weight excluding hydrogens is 264 g/mol.